The summed E-state index contributed by atoms with van der Waals surface area (Å²) in [5.41, 5.74) is -0.752. The lowest BCUT2D eigenvalue weighted by atomic mass is 9.83. The van der Waals surface area contributed by atoms with Crippen LogP contribution in [0.25, 0.3) is 0 Å². The number of aromatic nitrogens is 2. The van der Waals surface area contributed by atoms with Gasteiger partial charge < -0.3 is 15.4 Å². The van der Waals surface area contributed by atoms with Crippen LogP contribution in [0.4, 0.5) is 0 Å². The molecule has 6 nitrogen and oxygen atoms in total. The van der Waals surface area contributed by atoms with Gasteiger partial charge in [0.25, 0.3) is 0 Å². The minimum absolute atomic E-state index is 0. The summed E-state index contributed by atoms with van der Waals surface area (Å²) in [7, 11) is 0. The Labute approximate surface area is 162 Å². The number of halogens is 1. The summed E-state index contributed by atoms with van der Waals surface area (Å²) >= 11 is 0. The van der Waals surface area contributed by atoms with Crippen molar-refractivity contribution in [3.63, 3.8) is 0 Å². The Bertz CT molecular complexity index is 538. The van der Waals surface area contributed by atoms with Gasteiger partial charge in [0.1, 0.15) is 5.54 Å². The topological polar surface area (TPSA) is 68.2 Å². The van der Waals surface area contributed by atoms with Crippen LogP contribution in [-0.2, 0) is 15.1 Å². The number of carbonyl (C=O) groups excluding carboxylic acids is 1. The van der Waals surface area contributed by atoms with Crippen LogP contribution in [0, 0.1) is 0 Å². The van der Waals surface area contributed by atoms with E-state index in [9.17, 15) is 4.79 Å². The van der Waals surface area contributed by atoms with Gasteiger partial charge in [0.15, 0.2) is 0 Å². The van der Waals surface area contributed by atoms with E-state index in [2.05, 4.69) is 22.7 Å². The third-order valence-electron chi connectivity index (χ3n) is 5.74. The molecule has 1 aromatic heterocycles. The zero-order valence-corrected chi connectivity index (χ0v) is 16.7. The molecule has 0 aromatic carbocycles. The fourth-order valence-electron chi connectivity index (χ4n) is 4.22. The van der Waals surface area contributed by atoms with Crippen molar-refractivity contribution in [3.8, 4) is 0 Å². The third kappa shape index (κ3) is 4.59. The van der Waals surface area contributed by atoms with E-state index in [-0.39, 0.29) is 23.9 Å². The maximum atomic E-state index is 13.2. The van der Waals surface area contributed by atoms with Crippen LogP contribution in [-0.4, -0.2) is 47.5 Å². The Hall–Kier alpha value is -1.11. The molecule has 26 heavy (non-hydrogen) atoms. The number of carbonyl (C=O) groups is 1. The van der Waals surface area contributed by atoms with Crippen molar-refractivity contribution in [1.82, 2.24) is 20.4 Å². The summed E-state index contributed by atoms with van der Waals surface area (Å²) in [6, 6.07) is 1.89. The quantitative estimate of drug-likeness (QED) is 0.758. The van der Waals surface area contributed by atoms with Gasteiger partial charge in [0.05, 0.1) is 5.60 Å². The van der Waals surface area contributed by atoms with Crippen molar-refractivity contribution in [1.29, 1.82) is 0 Å². The second-order valence-corrected chi connectivity index (χ2v) is 7.51. The number of piperidine rings is 1. The lowest BCUT2D eigenvalue weighted by Crippen LogP contribution is -2.57. The minimum atomic E-state index is -0.574. The number of rotatable bonds is 7. The number of hydrogen-bond donors (Lipinski definition) is 2. The molecule has 148 valence electrons. The molecule has 3 rings (SSSR count). The first kappa shape index (κ1) is 21.2. The van der Waals surface area contributed by atoms with Crippen molar-refractivity contribution in [3.05, 3.63) is 18.5 Å². The number of nitrogens with zero attached hydrogens (tertiary/aromatic N) is 2. The first-order valence-electron chi connectivity index (χ1n) is 9.84. The smallest absolute Gasteiger partial charge is 0.248 e. The average molecular weight is 385 g/mol. The number of ether oxygens (including phenoxy) is 1. The van der Waals surface area contributed by atoms with Gasteiger partial charge in [-0.25, -0.2) is 0 Å². The Kier molecular flexibility index (Phi) is 7.92. The molecule has 0 radical (unpaired) electrons. The van der Waals surface area contributed by atoms with Crippen molar-refractivity contribution in [2.45, 2.75) is 69.4 Å². The van der Waals surface area contributed by atoms with Gasteiger partial charge in [0, 0.05) is 25.5 Å². The lowest BCUT2D eigenvalue weighted by Gasteiger charge is -2.40. The Morgan fingerprint density at radius 1 is 1.23 bits per heavy atom. The molecule has 0 atom stereocenters. The SMILES string of the molecule is CCCOC1(CNC(=O)C2(n3cccn3)CCNCC2)CCCCC1.Cl. The summed E-state index contributed by atoms with van der Waals surface area (Å²) in [6.45, 7) is 5.19. The predicted octanol–water partition coefficient (Wildman–Crippen LogP) is 2.63. The second-order valence-electron chi connectivity index (χ2n) is 7.51. The zero-order valence-electron chi connectivity index (χ0n) is 15.8. The zero-order chi connectivity index (χ0) is 17.6. The largest absolute Gasteiger partial charge is 0.373 e. The van der Waals surface area contributed by atoms with E-state index >= 15 is 0 Å². The van der Waals surface area contributed by atoms with E-state index < -0.39 is 5.54 Å². The molecular formula is C19H33ClN4O2. The second kappa shape index (κ2) is 9.72. The molecule has 1 saturated carbocycles. The van der Waals surface area contributed by atoms with Gasteiger partial charge in [-0.1, -0.05) is 26.2 Å². The third-order valence-corrected chi connectivity index (χ3v) is 5.74. The van der Waals surface area contributed by atoms with Crippen LogP contribution in [0.5, 0.6) is 0 Å². The molecule has 2 aliphatic rings. The van der Waals surface area contributed by atoms with Crippen LogP contribution in [0.15, 0.2) is 18.5 Å². The van der Waals surface area contributed by atoms with Crippen LogP contribution < -0.4 is 10.6 Å². The van der Waals surface area contributed by atoms with Gasteiger partial charge in [-0.3, -0.25) is 9.48 Å². The standard InChI is InChI=1S/C19H32N4O2.ClH/c1-2-15-25-18(7-4-3-5-8-18)16-21-17(24)19(9-12-20-13-10-19)23-14-6-11-22-23;/h6,11,14,20H,2-5,7-10,12-13,15-16H2,1H3,(H,21,24);1H. The van der Waals surface area contributed by atoms with Crippen LogP contribution in [0.1, 0.15) is 58.3 Å². The fraction of sp³-hybridized carbons (Fsp3) is 0.789. The van der Waals surface area contributed by atoms with Crippen molar-refractivity contribution in [2.24, 2.45) is 0 Å². The van der Waals surface area contributed by atoms with Gasteiger partial charge in [0.2, 0.25) is 5.91 Å². The van der Waals surface area contributed by atoms with Gasteiger partial charge in [-0.15, -0.1) is 12.4 Å². The molecule has 0 spiro atoms. The predicted molar refractivity (Wildman–Crippen MR) is 105 cm³/mol. The van der Waals surface area contributed by atoms with E-state index in [1.165, 1.54) is 19.3 Å². The number of amides is 1. The monoisotopic (exact) mass is 384 g/mol. The fourth-order valence-corrected chi connectivity index (χ4v) is 4.22. The van der Waals surface area contributed by atoms with Crippen LogP contribution in [0.3, 0.4) is 0 Å². The normalized spacial score (nSPS) is 21.6. The molecule has 0 bridgehead atoms. The summed E-state index contributed by atoms with van der Waals surface area (Å²) in [4.78, 5) is 13.2. The number of hydrogen-bond acceptors (Lipinski definition) is 4. The number of nitrogens with one attached hydrogen (secondary N) is 2. The molecule has 1 aromatic rings. The van der Waals surface area contributed by atoms with E-state index in [4.69, 9.17) is 4.74 Å². The highest BCUT2D eigenvalue weighted by molar-refractivity contribution is 5.85. The van der Waals surface area contributed by atoms with Crippen molar-refractivity contribution >= 4 is 18.3 Å². The molecular weight excluding hydrogens is 352 g/mol. The summed E-state index contributed by atoms with van der Waals surface area (Å²) in [5.74, 6) is 0.0859. The van der Waals surface area contributed by atoms with E-state index in [0.717, 1.165) is 51.8 Å². The summed E-state index contributed by atoms with van der Waals surface area (Å²) in [6.07, 6.45) is 12.0. The average Bonchev–Trinajstić information content (AvgIpc) is 3.21. The molecule has 7 heteroatoms. The molecule has 1 aliphatic carbocycles. The molecule has 2 N–H and O–H groups in total. The highest BCUT2D eigenvalue weighted by atomic mass is 35.5. The molecule has 1 aliphatic heterocycles. The highest BCUT2D eigenvalue weighted by Crippen LogP contribution is 2.32. The molecule has 2 fully saturated rings. The lowest BCUT2D eigenvalue weighted by molar-refractivity contribution is -0.135. The molecule has 2 heterocycles. The van der Waals surface area contributed by atoms with Crippen molar-refractivity contribution < 1.29 is 9.53 Å². The Balaban J connectivity index is 0.00000243. The van der Waals surface area contributed by atoms with Crippen LogP contribution >= 0.6 is 12.4 Å². The van der Waals surface area contributed by atoms with Gasteiger partial charge in [-0.05, 0) is 51.3 Å². The first-order valence-corrected chi connectivity index (χ1v) is 9.84. The van der Waals surface area contributed by atoms with Gasteiger partial charge in [-0.2, -0.15) is 5.10 Å². The van der Waals surface area contributed by atoms with Gasteiger partial charge >= 0.3 is 0 Å². The minimum Gasteiger partial charge on any atom is -0.373 e. The van der Waals surface area contributed by atoms with E-state index in [0.29, 0.717) is 6.54 Å². The molecule has 0 unspecified atom stereocenters. The molecule has 1 saturated heterocycles. The van der Waals surface area contributed by atoms with Crippen molar-refractivity contribution in [2.75, 3.05) is 26.2 Å². The maximum absolute atomic E-state index is 13.2. The Morgan fingerprint density at radius 3 is 2.58 bits per heavy atom. The Morgan fingerprint density at radius 2 is 1.96 bits per heavy atom. The summed E-state index contributed by atoms with van der Waals surface area (Å²) in [5, 5.41) is 11.0. The van der Waals surface area contributed by atoms with Crippen LogP contribution in [0.2, 0.25) is 0 Å². The van der Waals surface area contributed by atoms with E-state index in [1.807, 2.05) is 16.9 Å². The maximum Gasteiger partial charge on any atom is 0.248 e. The molecule has 1 amide bonds. The summed E-state index contributed by atoms with van der Waals surface area (Å²) < 4.78 is 8.08. The highest BCUT2D eigenvalue weighted by Gasteiger charge is 2.43. The first-order chi connectivity index (χ1) is 12.2. The van der Waals surface area contributed by atoms with E-state index in [1.54, 1.807) is 6.20 Å².